The van der Waals surface area contributed by atoms with Crippen LogP contribution in [0.25, 0.3) is 11.8 Å². The number of carbonyl (C=O) groups is 1. The lowest BCUT2D eigenvalue weighted by Gasteiger charge is -2.24. The predicted octanol–water partition coefficient (Wildman–Crippen LogP) is 5.56. The second-order valence-electron chi connectivity index (χ2n) is 9.73. The number of carbonyl (C=O) groups excluding carboxylic acids is 1. The van der Waals surface area contributed by atoms with E-state index < -0.39 is 17.8 Å². The van der Waals surface area contributed by atoms with Crippen LogP contribution in [0.5, 0.6) is 5.75 Å². The van der Waals surface area contributed by atoms with Gasteiger partial charge in [-0.15, -0.1) is 0 Å². The van der Waals surface area contributed by atoms with Gasteiger partial charge in [0, 0.05) is 17.1 Å². The van der Waals surface area contributed by atoms with E-state index in [0.717, 1.165) is 22.5 Å². The summed E-state index contributed by atoms with van der Waals surface area (Å²) in [6, 6.07) is 13.0. The molecule has 0 bridgehead atoms. The third-order valence-corrected chi connectivity index (χ3v) is 8.27. The summed E-state index contributed by atoms with van der Waals surface area (Å²) >= 11 is 7.30. The molecule has 1 aliphatic heterocycles. The molecule has 0 aliphatic carbocycles. The summed E-state index contributed by atoms with van der Waals surface area (Å²) in [7, 11) is 0. The molecule has 42 heavy (non-hydrogen) atoms. The largest absolute Gasteiger partial charge is 0.490 e. The molecule has 3 heterocycles. The van der Waals surface area contributed by atoms with Crippen molar-refractivity contribution in [3.05, 3.63) is 125 Å². The first-order valence-electron chi connectivity index (χ1n) is 13.3. The van der Waals surface area contributed by atoms with Crippen LogP contribution < -0.4 is 19.6 Å². The number of allylic oxidation sites excluding steroid dienone is 1. The molecule has 0 amide bonds. The fourth-order valence-electron chi connectivity index (χ4n) is 5.10. The van der Waals surface area contributed by atoms with Crippen LogP contribution in [-0.2, 0) is 9.53 Å². The van der Waals surface area contributed by atoms with E-state index in [1.165, 1.54) is 17.4 Å². The minimum atomic E-state index is -0.732. The number of thiazole rings is 1. The topological polar surface area (TPSA) is 74.8 Å². The molecule has 0 fully saturated rings. The summed E-state index contributed by atoms with van der Waals surface area (Å²) in [6.07, 6.45) is 3.48. The number of aromatic nitrogens is 2. The summed E-state index contributed by atoms with van der Waals surface area (Å²) in [6.45, 7) is 11.6. The van der Waals surface area contributed by atoms with Crippen LogP contribution in [0.4, 0.5) is 4.39 Å². The number of rotatable bonds is 8. The van der Waals surface area contributed by atoms with Gasteiger partial charge >= 0.3 is 5.97 Å². The Morgan fingerprint density at radius 2 is 1.90 bits per heavy atom. The highest BCUT2D eigenvalue weighted by Gasteiger charge is 2.33. The Morgan fingerprint density at radius 3 is 2.57 bits per heavy atom. The zero-order valence-corrected chi connectivity index (χ0v) is 25.2. The van der Waals surface area contributed by atoms with Gasteiger partial charge in [0.15, 0.2) is 4.80 Å². The zero-order chi connectivity index (χ0) is 30.1. The van der Waals surface area contributed by atoms with Crippen molar-refractivity contribution in [2.24, 2.45) is 4.99 Å². The Labute approximate surface area is 251 Å². The minimum absolute atomic E-state index is 0.0305. The average molecular weight is 606 g/mol. The molecular weight excluding hydrogens is 577 g/mol. The third-order valence-electron chi connectivity index (χ3n) is 7.00. The summed E-state index contributed by atoms with van der Waals surface area (Å²) in [5, 5.41) is 0.0305. The second kappa shape index (κ2) is 12.0. The van der Waals surface area contributed by atoms with Crippen LogP contribution in [0.2, 0.25) is 5.02 Å². The molecule has 0 spiro atoms. The Balaban J connectivity index is 1.65. The van der Waals surface area contributed by atoms with Crippen molar-refractivity contribution >= 4 is 35.0 Å². The van der Waals surface area contributed by atoms with E-state index in [1.807, 2.05) is 42.7 Å². The van der Waals surface area contributed by atoms with Crippen LogP contribution in [0.15, 0.2) is 82.2 Å². The van der Waals surface area contributed by atoms with E-state index in [0.29, 0.717) is 38.6 Å². The Kier molecular flexibility index (Phi) is 8.34. The summed E-state index contributed by atoms with van der Waals surface area (Å²) < 4.78 is 28.8. The first-order valence-corrected chi connectivity index (χ1v) is 14.5. The van der Waals surface area contributed by atoms with Crippen LogP contribution in [0.1, 0.15) is 42.4 Å². The maximum Gasteiger partial charge on any atom is 0.338 e. The average Bonchev–Trinajstić information content (AvgIpc) is 3.42. The van der Waals surface area contributed by atoms with Crippen molar-refractivity contribution < 1.29 is 18.7 Å². The molecule has 4 aromatic rings. The number of nitrogens with zero attached hydrogens (tertiary/aromatic N) is 3. The van der Waals surface area contributed by atoms with Crippen molar-refractivity contribution in [2.75, 3.05) is 13.2 Å². The molecule has 216 valence electrons. The third kappa shape index (κ3) is 5.37. The van der Waals surface area contributed by atoms with Gasteiger partial charge in [-0.25, -0.2) is 14.2 Å². The Hall–Kier alpha value is -4.21. The SMILES string of the molecule is C=CCOc1ccc([C@H]2C(C(=O)OCC)=C(C)N=c3s/c(=C/c4cc(C)n(-c5ccc(F)c(Cl)c5)c4C)c(=O)n32)cc1. The molecule has 1 aliphatic rings. The van der Waals surface area contributed by atoms with Crippen molar-refractivity contribution in [3.63, 3.8) is 0 Å². The van der Waals surface area contributed by atoms with Gasteiger partial charge in [0.05, 0.1) is 33.5 Å². The lowest BCUT2D eigenvalue weighted by atomic mass is 9.96. The minimum Gasteiger partial charge on any atom is -0.490 e. The normalized spacial score (nSPS) is 14.9. The van der Waals surface area contributed by atoms with E-state index in [-0.39, 0.29) is 17.2 Å². The highest BCUT2D eigenvalue weighted by Crippen LogP contribution is 2.32. The number of ether oxygens (including phenoxy) is 2. The number of fused-ring (bicyclic) bond motifs is 1. The summed E-state index contributed by atoms with van der Waals surface area (Å²) in [4.78, 5) is 32.3. The quantitative estimate of drug-likeness (QED) is 0.195. The van der Waals surface area contributed by atoms with Crippen molar-refractivity contribution in [1.29, 1.82) is 0 Å². The molecule has 2 aromatic carbocycles. The molecule has 2 aromatic heterocycles. The van der Waals surface area contributed by atoms with E-state index in [9.17, 15) is 14.0 Å². The molecule has 0 saturated heterocycles. The van der Waals surface area contributed by atoms with Crippen LogP contribution in [0.3, 0.4) is 0 Å². The molecule has 10 heteroatoms. The van der Waals surface area contributed by atoms with Gasteiger partial charge in [-0.1, -0.05) is 47.7 Å². The van der Waals surface area contributed by atoms with Crippen LogP contribution in [-0.4, -0.2) is 28.3 Å². The number of aryl methyl sites for hydroxylation is 1. The Bertz CT molecular complexity index is 1920. The number of hydrogen-bond acceptors (Lipinski definition) is 6. The monoisotopic (exact) mass is 605 g/mol. The van der Waals surface area contributed by atoms with Crippen molar-refractivity contribution in [2.45, 2.75) is 33.7 Å². The fraction of sp³-hybridized carbons (Fsp3) is 0.219. The van der Waals surface area contributed by atoms with Gasteiger partial charge in [0.1, 0.15) is 18.2 Å². The smallest absolute Gasteiger partial charge is 0.338 e. The van der Waals surface area contributed by atoms with Gasteiger partial charge < -0.3 is 14.0 Å². The van der Waals surface area contributed by atoms with E-state index in [2.05, 4.69) is 11.6 Å². The molecule has 0 N–H and O–H groups in total. The van der Waals surface area contributed by atoms with Crippen molar-refractivity contribution in [3.8, 4) is 11.4 Å². The number of hydrogen-bond donors (Lipinski definition) is 0. The molecular formula is C32H29ClFN3O4S. The molecule has 0 radical (unpaired) electrons. The van der Waals surface area contributed by atoms with E-state index in [4.69, 9.17) is 21.1 Å². The highest BCUT2D eigenvalue weighted by molar-refractivity contribution is 7.07. The number of halogens is 2. The van der Waals surface area contributed by atoms with Gasteiger partial charge in [-0.05, 0) is 81.3 Å². The highest BCUT2D eigenvalue weighted by atomic mass is 35.5. The molecule has 0 unspecified atom stereocenters. The first-order chi connectivity index (χ1) is 20.1. The van der Waals surface area contributed by atoms with E-state index >= 15 is 0 Å². The molecule has 7 nitrogen and oxygen atoms in total. The van der Waals surface area contributed by atoms with E-state index in [1.54, 1.807) is 48.8 Å². The predicted molar refractivity (Wildman–Crippen MR) is 163 cm³/mol. The van der Waals surface area contributed by atoms with Gasteiger partial charge in [-0.3, -0.25) is 9.36 Å². The van der Waals surface area contributed by atoms with Gasteiger partial charge in [-0.2, -0.15) is 0 Å². The molecule has 1 atom stereocenters. The van der Waals surface area contributed by atoms with Gasteiger partial charge in [0.2, 0.25) is 0 Å². The Morgan fingerprint density at radius 1 is 1.17 bits per heavy atom. The standard InChI is InChI=1S/C32H29ClFN3O4S/c1-6-14-41-24-11-8-21(9-12-24)29-28(31(39)40-7-2)19(4)35-32-37(29)30(38)27(42-32)16-22-15-18(3)36(20(22)5)23-10-13-26(34)25(33)17-23/h6,8-13,15-17,29H,1,7,14H2,2-5H3/b27-16+/t29-/m0/s1. The van der Waals surface area contributed by atoms with Gasteiger partial charge in [0.25, 0.3) is 5.56 Å². The number of esters is 1. The maximum atomic E-state index is 14.0. The summed E-state index contributed by atoms with van der Waals surface area (Å²) in [5.41, 5.74) is 4.53. The first kappa shape index (κ1) is 29.3. The maximum absolute atomic E-state index is 14.0. The molecule has 0 saturated carbocycles. The van der Waals surface area contributed by atoms with Crippen molar-refractivity contribution in [1.82, 2.24) is 9.13 Å². The second-order valence-corrected chi connectivity index (χ2v) is 11.1. The fourth-order valence-corrected chi connectivity index (χ4v) is 6.32. The van der Waals surface area contributed by atoms with Crippen LogP contribution in [0, 0.1) is 19.7 Å². The number of benzene rings is 2. The zero-order valence-electron chi connectivity index (χ0n) is 23.6. The summed E-state index contributed by atoms with van der Waals surface area (Å²) in [5.74, 6) is -0.371. The lowest BCUT2D eigenvalue weighted by molar-refractivity contribution is -0.139. The van der Waals surface area contributed by atoms with Crippen LogP contribution >= 0.6 is 22.9 Å². The lowest BCUT2D eigenvalue weighted by Crippen LogP contribution is -2.39. The molecule has 5 rings (SSSR count).